The van der Waals surface area contributed by atoms with E-state index < -0.39 is 10.0 Å². The molecule has 3 heterocycles. The topological polar surface area (TPSA) is 90.7 Å². The van der Waals surface area contributed by atoms with Crippen LogP contribution < -0.4 is 15.0 Å². The molecule has 0 unspecified atom stereocenters. The minimum absolute atomic E-state index is 0.0760. The van der Waals surface area contributed by atoms with E-state index in [9.17, 15) is 13.2 Å². The van der Waals surface area contributed by atoms with Gasteiger partial charge in [-0.1, -0.05) is 0 Å². The molecule has 0 N–H and O–H groups in total. The molecule has 3 aliphatic rings. The third-order valence-corrected chi connectivity index (χ3v) is 7.66. The molecular weight excluding hydrogens is 394 g/mol. The Morgan fingerprint density at radius 2 is 1.66 bits per heavy atom. The number of benzene rings is 1. The number of aromatic nitrogens is 2. The van der Waals surface area contributed by atoms with Crippen LogP contribution >= 0.6 is 0 Å². The van der Waals surface area contributed by atoms with E-state index in [0.717, 1.165) is 18.5 Å². The Hall–Kier alpha value is -2.39. The summed E-state index contributed by atoms with van der Waals surface area (Å²) in [6, 6.07) is 8.05. The first-order valence-corrected chi connectivity index (χ1v) is 11.5. The molecular formula is C20H23N3O5S. The van der Waals surface area contributed by atoms with Crippen molar-refractivity contribution in [2.75, 3.05) is 26.3 Å². The highest BCUT2D eigenvalue weighted by Gasteiger charge is 2.32. The first-order chi connectivity index (χ1) is 14.0. The van der Waals surface area contributed by atoms with Crippen LogP contribution in [-0.2, 0) is 10.0 Å². The molecule has 0 atom stereocenters. The quantitative estimate of drug-likeness (QED) is 0.755. The Kier molecular flexibility index (Phi) is 4.59. The van der Waals surface area contributed by atoms with Gasteiger partial charge in [0, 0.05) is 31.1 Å². The van der Waals surface area contributed by atoms with Crippen LogP contribution in [0.4, 0.5) is 0 Å². The molecule has 0 amide bonds. The van der Waals surface area contributed by atoms with E-state index in [2.05, 4.69) is 5.10 Å². The highest BCUT2D eigenvalue weighted by Crippen LogP contribution is 2.39. The van der Waals surface area contributed by atoms with Crippen LogP contribution in [0, 0.1) is 0 Å². The zero-order valence-corrected chi connectivity index (χ0v) is 16.8. The monoisotopic (exact) mass is 417 g/mol. The molecule has 1 saturated heterocycles. The van der Waals surface area contributed by atoms with Crippen LogP contribution in [-0.4, -0.2) is 48.8 Å². The Balaban J connectivity index is 1.32. The highest BCUT2D eigenvalue weighted by atomic mass is 32.2. The summed E-state index contributed by atoms with van der Waals surface area (Å²) in [5.41, 5.74) is 0.846. The maximum atomic E-state index is 13.1. The summed E-state index contributed by atoms with van der Waals surface area (Å²) in [6.45, 7) is 1.57. The number of ether oxygens (including phenoxy) is 2. The van der Waals surface area contributed by atoms with E-state index in [1.165, 1.54) is 10.4 Å². The van der Waals surface area contributed by atoms with Crippen LogP contribution in [0.15, 0.2) is 40.0 Å². The van der Waals surface area contributed by atoms with Crippen LogP contribution in [0.3, 0.4) is 0 Å². The molecule has 0 spiro atoms. The Morgan fingerprint density at radius 1 is 0.931 bits per heavy atom. The first kappa shape index (κ1) is 18.6. The van der Waals surface area contributed by atoms with E-state index >= 15 is 0 Å². The lowest BCUT2D eigenvalue weighted by Gasteiger charge is -2.31. The van der Waals surface area contributed by atoms with Gasteiger partial charge in [-0.3, -0.25) is 4.79 Å². The lowest BCUT2D eigenvalue weighted by atomic mass is 10.1. The fraction of sp³-hybridized carbons (Fsp3) is 0.500. The van der Waals surface area contributed by atoms with E-state index in [0.29, 0.717) is 56.6 Å². The van der Waals surface area contributed by atoms with Crippen molar-refractivity contribution in [3.63, 3.8) is 0 Å². The van der Waals surface area contributed by atoms with E-state index in [4.69, 9.17) is 9.47 Å². The Labute approximate surface area is 169 Å². The molecule has 1 aromatic carbocycles. The molecule has 1 aliphatic carbocycles. The zero-order valence-electron chi connectivity index (χ0n) is 16.0. The predicted molar refractivity (Wildman–Crippen MR) is 105 cm³/mol. The third-order valence-electron chi connectivity index (χ3n) is 5.76. The van der Waals surface area contributed by atoms with Gasteiger partial charge in [0.25, 0.3) is 5.56 Å². The second-order valence-corrected chi connectivity index (χ2v) is 9.69. The van der Waals surface area contributed by atoms with Crippen molar-refractivity contribution in [1.82, 2.24) is 14.1 Å². The molecule has 2 aromatic rings. The van der Waals surface area contributed by atoms with Crippen molar-refractivity contribution >= 4 is 10.0 Å². The minimum atomic E-state index is -3.63. The molecule has 5 rings (SSSR count). The van der Waals surface area contributed by atoms with E-state index in [1.807, 2.05) is 6.07 Å². The van der Waals surface area contributed by atoms with Gasteiger partial charge < -0.3 is 9.47 Å². The molecule has 1 saturated carbocycles. The highest BCUT2D eigenvalue weighted by molar-refractivity contribution is 7.89. The van der Waals surface area contributed by atoms with Crippen molar-refractivity contribution in [2.45, 2.75) is 42.5 Å². The first-order valence-electron chi connectivity index (χ1n) is 10.0. The Bertz CT molecular complexity index is 1090. The summed E-state index contributed by atoms with van der Waals surface area (Å²) < 4.78 is 40.2. The van der Waals surface area contributed by atoms with E-state index in [1.54, 1.807) is 22.9 Å². The molecule has 9 heteroatoms. The van der Waals surface area contributed by atoms with Gasteiger partial charge >= 0.3 is 0 Å². The second kappa shape index (κ2) is 7.14. The molecule has 0 bridgehead atoms. The molecule has 154 valence electrons. The molecule has 29 heavy (non-hydrogen) atoms. The minimum Gasteiger partial charge on any atom is -0.486 e. The van der Waals surface area contributed by atoms with Crippen molar-refractivity contribution in [1.29, 1.82) is 0 Å². The van der Waals surface area contributed by atoms with Gasteiger partial charge in [0.05, 0.1) is 16.6 Å². The third kappa shape index (κ3) is 3.53. The van der Waals surface area contributed by atoms with Crippen molar-refractivity contribution in [3.05, 3.63) is 46.4 Å². The summed E-state index contributed by atoms with van der Waals surface area (Å²) in [5, 5.41) is 4.56. The number of rotatable bonds is 4. The maximum Gasteiger partial charge on any atom is 0.267 e. The van der Waals surface area contributed by atoms with E-state index in [-0.39, 0.29) is 16.5 Å². The van der Waals surface area contributed by atoms with Crippen LogP contribution in [0.25, 0.3) is 0 Å². The van der Waals surface area contributed by atoms with Gasteiger partial charge in [0.1, 0.15) is 13.2 Å². The fourth-order valence-electron chi connectivity index (χ4n) is 3.96. The fourth-order valence-corrected chi connectivity index (χ4v) is 5.44. The van der Waals surface area contributed by atoms with Crippen molar-refractivity contribution in [3.8, 4) is 11.5 Å². The van der Waals surface area contributed by atoms with Gasteiger partial charge in [-0.2, -0.15) is 9.40 Å². The number of piperidine rings is 1. The normalized spacial score (nSPS) is 20.6. The van der Waals surface area contributed by atoms with Crippen molar-refractivity contribution < 1.29 is 17.9 Å². The number of sulfonamides is 1. The SMILES string of the molecule is O=c1ccc(C2CC2)nn1C1CCN(S(=O)(=O)c2ccc3c(c2)OCCO3)CC1. The molecule has 8 nitrogen and oxygen atoms in total. The summed E-state index contributed by atoms with van der Waals surface area (Å²) in [6.07, 6.45) is 3.37. The summed E-state index contributed by atoms with van der Waals surface area (Å²) in [7, 11) is -3.63. The molecule has 2 aliphatic heterocycles. The van der Waals surface area contributed by atoms with Gasteiger partial charge in [-0.25, -0.2) is 13.1 Å². The molecule has 0 radical (unpaired) electrons. The lowest BCUT2D eigenvalue weighted by molar-refractivity contribution is 0.171. The van der Waals surface area contributed by atoms with Gasteiger partial charge in [-0.05, 0) is 43.9 Å². The second-order valence-electron chi connectivity index (χ2n) is 7.76. The average molecular weight is 417 g/mol. The van der Waals surface area contributed by atoms with Gasteiger partial charge in [-0.15, -0.1) is 0 Å². The summed E-state index contributed by atoms with van der Waals surface area (Å²) in [4.78, 5) is 12.5. The number of nitrogens with zero attached hydrogens (tertiary/aromatic N) is 3. The van der Waals surface area contributed by atoms with Crippen LogP contribution in [0.1, 0.15) is 43.3 Å². The summed E-state index contributed by atoms with van der Waals surface area (Å²) >= 11 is 0. The lowest BCUT2D eigenvalue weighted by Crippen LogP contribution is -2.41. The van der Waals surface area contributed by atoms with Gasteiger partial charge in [0.2, 0.25) is 10.0 Å². The standard InChI is InChI=1S/C20H23N3O5S/c24-20-6-4-17(14-1-2-14)21-23(20)15-7-9-22(10-8-15)29(25,26)16-3-5-18-19(13-16)28-12-11-27-18/h3-6,13-15H,1-2,7-12H2. The predicted octanol–water partition coefficient (Wildman–Crippen LogP) is 1.92. The smallest absolute Gasteiger partial charge is 0.267 e. The Morgan fingerprint density at radius 3 is 2.38 bits per heavy atom. The van der Waals surface area contributed by atoms with Crippen LogP contribution in [0.2, 0.25) is 0 Å². The van der Waals surface area contributed by atoms with Crippen molar-refractivity contribution in [2.24, 2.45) is 0 Å². The largest absolute Gasteiger partial charge is 0.486 e. The number of hydrogen-bond acceptors (Lipinski definition) is 6. The molecule has 2 fully saturated rings. The average Bonchev–Trinajstić information content (AvgIpc) is 3.59. The molecule has 1 aromatic heterocycles. The number of hydrogen-bond donors (Lipinski definition) is 0. The number of fused-ring (bicyclic) bond motifs is 1. The maximum absolute atomic E-state index is 13.1. The van der Waals surface area contributed by atoms with Crippen LogP contribution in [0.5, 0.6) is 11.5 Å². The van der Waals surface area contributed by atoms with Gasteiger partial charge in [0.15, 0.2) is 11.5 Å². The summed E-state index contributed by atoms with van der Waals surface area (Å²) in [5.74, 6) is 1.49. The zero-order chi connectivity index (χ0) is 20.0.